The van der Waals surface area contributed by atoms with Crippen LogP contribution in [0.2, 0.25) is 0 Å². The third-order valence-corrected chi connectivity index (χ3v) is 4.59. The van der Waals surface area contributed by atoms with E-state index in [4.69, 9.17) is 0 Å². The van der Waals surface area contributed by atoms with Crippen LogP contribution >= 0.6 is 0 Å². The Morgan fingerprint density at radius 2 is 1.61 bits per heavy atom. The van der Waals surface area contributed by atoms with Crippen LogP contribution in [0.4, 0.5) is 0 Å². The van der Waals surface area contributed by atoms with Crippen LogP contribution in [0.1, 0.15) is 39.0 Å². The molecule has 0 unspecified atom stereocenters. The van der Waals surface area contributed by atoms with Gasteiger partial charge in [0.1, 0.15) is 0 Å². The van der Waals surface area contributed by atoms with E-state index >= 15 is 0 Å². The van der Waals surface area contributed by atoms with E-state index in [-0.39, 0.29) is 5.75 Å². The van der Waals surface area contributed by atoms with E-state index in [9.17, 15) is 8.42 Å². The molecule has 3 heteroatoms. The Morgan fingerprint density at radius 3 is 2.22 bits per heavy atom. The van der Waals surface area contributed by atoms with E-state index in [0.717, 1.165) is 12.8 Å². The molecule has 0 saturated heterocycles. The minimum Gasteiger partial charge on any atom is -0.224 e. The summed E-state index contributed by atoms with van der Waals surface area (Å²) in [4.78, 5) is 0.431. The van der Waals surface area contributed by atoms with Crippen molar-refractivity contribution in [1.82, 2.24) is 0 Å². The number of unbranched alkanes of at least 4 members (excludes halogenated alkanes) is 3. The predicted molar refractivity (Wildman–Crippen MR) is 76.4 cm³/mol. The van der Waals surface area contributed by atoms with Crippen LogP contribution in [0.15, 0.2) is 47.4 Å². The molecule has 1 rings (SSSR count). The van der Waals surface area contributed by atoms with Gasteiger partial charge in [-0.1, -0.05) is 50.1 Å². The fraction of sp³-hybridized carbons (Fsp3) is 0.467. The van der Waals surface area contributed by atoms with Crippen molar-refractivity contribution in [3.63, 3.8) is 0 Å². The molecule has 0 aromatic heterocycles. The molecule has 0 saturated carbocycles. The normalized spacial score (nSPS) is 12.1. The zero-order valence-corrected chi connectivity index (χ0v) is 11.8. The van der Waals surface area contributed by atoms with Gasteiger partial charge >= 0.3 is 0 Å². The van der Waals surface area contributed by atoms with Gasteiger partial charge in [0.15, 0.2) is 9.84 Å². The van der Waals surface area contributed by atoms with Crippen LogP contribution in [-0.2, 0) is 9.84 Å². The molecule has 0 aliphatic heterocycles. The first-order chi connectivity index (χ1) is 8.67. The Kier molecular flexibility index (Phi) is 6.73. The maximum absolute atomic E-state index is 11.9. The first kappa shape index (κ1) is 15.0. The lowest BCUT2D eigenvalue weighted by Crippen LogP contribution is -2.06. The van der Waals surface area contributed by atoms with Gasteiger partial charge in [-0.3, -0.25) is 0 Å². The highest BCUT2D eigenvalue weighted by Gasteiger charge is 2.12. The Hall–Kier alpha value is -1.09. The van der Waals surface area contributed by atoms with Crippen molar-refractivity contribution in [3.8, 4) is 0 Å². The van der Waals surface area contributed by atoms with E-state index < -0.39 is 9.84 Å². The Labute approximate surface area is 111 Å². The molecule has 0 spiro atoms. The quantitative estimate of drug-likeness (QED) is 0.526. The summed E-state index contributed by atoms with van der Waals surface area (Å²) in [6.45, 7) is 2.17. The van der Waals surface area contributed by atoms with Crippen molar-refractivity contribution >= 4 is 9.84 Å². The van der Waals surface area contributed by atoms with E-state index in [0.29, 0.717) is 11.3 Å². The molecule has 18 heavy (non-hydrogen) atoms. The van der Waals surface area contributed by atoms with Crippen molar-refractivity contribution in [1.29, 1.82) is 0 Å². The van der Waals surface area contributed by atoms with Crippen LogP contribution in [0.5, 0.6) is 0 Å². The van der Waals surface area contributed by atoms with Gasteiger partial charge in [0, 0.05) is 0 Å². The van der Waals surface area contributed by atoms with E-state index in [1.165, 1.54) is 12.8 Å². The van der Waals surface area contributed by atoms with Crippen molar-refractivity contribution < 1.29 is 8.42 Å². The second kappa shape index (κ2) is 8.09. The molecule has 0 aliphatic rings. The summed E-state index contributed by atoms with van der Waals surface area (Å²) >= 11 is 0. The van der Waals surface area contributed by atoms with Crippen molar-refractivity contribution in [2.45, 2.75) is 43.9 Å². The zero-order chi connectivity index (χ0) is 13.3. The van der Waals surface area contributed by atoms with Gasteiger partial charge in [-0.05, 0) is 31.4 Å². The lowest BCUT2D eigenvalue weighted by atomic mass is 10.2. The maximum atomic E-state index is 11.9. The van der Waals surface area contributed by atoms with Crippen LogP contribution in [0, 0.1) is 0 Å². The highest BCUT2D eigenvalue weighted by atomic mass is 32.2. The van der Waals surface area contributed by atoms with Crippen LogP contribution in [0.3, 0.4) is 0 Å². The zero-order valence-electron chi connectivity index (χ0n) is 11.0. The number of allylic oxidation sites excluding steroid dienone is 2. The molecule has 100 valence electrons. The van der Waals surface area contributed by atoms with Crippen molar-refractivity contribution in [3.05, 3.63) is 42.5 Å². The molecule has 0 N–H and O–H groups in total. The van der Waals surface area contributed by atoms with Gasteiger partial charge in [-0.2, -0.15) is 0 Å². The lowest BCUT2D eigenvalue weighted by molar-refractivity contribution is 0.593. The first-order valence-electron chi connectivity index (χ1n) is 6.59. The number of hydrogen-bond acceptors (Lipinski definition) is 2. The third kappa shape index (κ3) is 5.50. The predicted octanol–water partition coefficient (Wildman–Crippen LogP) is 3.99. The number of rotatable bonds is 8. The highest BCUT2D eigenvalue weighted by molar-refractivity contribution is 7.91. The Balaban J connectivity index is 2.33. The van der Waals surface area contributed by atoms with E-state index in [2.05, 4.69) is 19.1 Å². The Bertz CT molecular complexity index is 447. The second-order valence-electron chi connectivity index (χ2n) is 4.39. The van der Waals surface area contributed by atoms with Gasteiger partial charge in [-0.25, -0.2) is 8.42 Å². The smallest absolute Gasteiger partial charge is 0.178 e. The molecule has 0 atom stereocenters. The van der Waals surface area contributed by atoms with E-state index in [1.54, 1.807) is 24.3 Å². The largest absolute Gasteiger partial charge is 0.224 e. The molecule has 0 heterocycles. The average molecular weight is 266 g/mol. The lowest BCUT2D eigenvalue weighted by Gasteiger charge is -2.02. The summed E-state index contributed by atoms with van der Waals surface area (Å²) in [5.74, 6) is 0.231. The molecule has 0 amide bonds. The summed E-state index contributed by atoms with van der Waals surface area (Å²) in [7, 11) is -3.09. The highest BCUT2D eigenvalue weighted by Crippen LogP contribution is 2.12. The molecule has 1 aromatic rings. The molecule has 0 radical (unpaired) electrons. The first-order valence-corrected chi connectivity index (χ1v) is 8.25. The number of benzene rings is 1. The molecule has 0 aliphatic carbocycles. The third-order valence-electron chi connectivity index (χ3n) is 2.78. The van der Waals surface area contributed by atoms with Crippen LogP contribution in [-0.4, -0.2) is 14.2 Å². The summed E-state index contributed by atoms with van der Waals surface area (Å²) in [6.07, 6.45) is 9.29. The molecule has 2 nitrogen and oxygen atoms in total. The molecule has 0 bridgehead atoms. The minimum atomic E-state index is -3.09. The summed E-state index contributed by atoms with van der Waals surface area (Å²) in [5.41, 5.74) is 0. The Morgan fingerprint density at radius 1 is 1.00 bits per heavy atom. The van der Waals surface area contributed by atoms with Crippen LogP contribution in [0.25, 0.3) is 0 Å². The number of hydrogen-bond donors (Lipinski definition) is 0. The average Bonchev–Trinajstić information content (AvgIpc) is 2.39. The van der Waals surface area contributed by atoms with Gasteiger partial charge in [-0.15, -0.1) is 0 Å². The van der Waals surface area contributed by atoms with Crippen LogP contribution < -0.4 is 0 Å². The minimum absolute atomic E-state index is 0.231. The van der Waals surface area contributed by atoms with Gasteiger partial charge in [0.25, 0.3) is 0 Å². The summed E-state index contributed by atoms with van der Waals surface area (Å²) < 4.78 is 23.9. The second-order valence-corrected chi connectivity index (χ2v) is 6.50. The SMILES string of the molecule is CCCC/C=C\CCCS(=O)(=O)c1ccccc1. The van der Waals surface area contributed by atoms with Gasteiger partial charge in [0.2, 0.25) is 0 Å². The van der Waals surface area contributed by atoms with E-state index in [1.807, 2.05) is 6.07 Å². The van der Waals surface area contributed by atoms with Gasteiger partial charge in [0.05, 0.1) is 10.6 Å². The molecular weight excluding hydrogens is 244 g/mol. The van der Waals surface area contributed by atoms with Crippen molar-refractivity contribution in [2.75, 3.05) is 5.75 Å². The number of sulfone groups is 1. The fourth-order valence-corrected chi connectivity index (χ4v) is 3.05. The fourth-order valence-electron chi connectivity index (χ4n) is 1.69. The van der Waals surface area contributed by atoms with Gasteiger partial charge < -0.3 is 0 Å². The van der Waals surface area contributed by atoms with Crippen molar-refractivity contribution in [2.24, 2.45) is 0 Å². The standard InChI is InChI=1S/C15H22O2S/c1-2-3-4-5-6-7-11-14-18(16,17)15-12-9-8-10-13-15/h5-6,8-10,12-13H,2-4,7,11,14H2,1H3/b6-5-. The maximum Gasteiger partial charge on any atom is 0.178 e. The summed E-state index contributed by atoms with van der Waals surface area (Å²) in [6, 6.07) is 8.67. The monoisotopic (exact) mass is 266 g/mol. The molecular formula is C15H22O2S. The molecule has 1 aromatic carbocycles. The summed E-state index contributed by atoms with van der Waals surface area (Å²) in [5, 5.41) is 0. The topological polar surface area (TPSA) is 34.1 Å². The molecule has 0 fully saturated rings.